The summed E-state index contributed by atoms with van der Waals surface area (Å²) in [5.74, 6) is 0.186. The molecule has 0 aliphatic carbocycles. The predicted octanol–water partition coefficient (Wildman–Crippen LogP) is 4.27. The van der Waals surface area contributed by atoms with Crippen LogP contribution in [-0.2, 0) is 0 Å². The van der Waals surface area contributed by atoms with Crippen LogP contribution < -0.4 is 10.2 Å². The lowest BCUT2D eigenvalue weighted by atomic mass is 10.3. The summed E-state index contributed by atoms with van der Waals surface area (Å²) in [6.07, 6.45) is 3.70. The zero-order valence-electron chi connectivity index (χ0n) is 13.0. The topological polar surface area (TPSA) is 58.1 Å². The third-order valence-electron chi connectivity index (χ3n) is 3.18. The molecule has 0 spiro atoms. The normalized spacial score (nSPS) is 10.4. The molecular formula is C16H18Cl2N4O. The number of unbranched alkanes of at least 4 members (excludes halogenated alkanes) is 1. The van der Waals surface area contributed by atoms with Crippen LogP contribution in [0.3, 0.4) is 0 Å². The molecule has 2 rings (SSSR count). The predicted molar refractivity (Wildman–Crippen MR) is 94.6 cm³/mol. The van der Waals surface area contributed by atoms with Gasteiger partial charge in [-0.15, -0.1) is 0 Å². The Kier molecular flexibility index (Phi) is 6.19. The highest BCUT2D eigenvalue weighted by Crippen LogP contribution is 2.22. The van der Waals surface area contributed by atoms with Crippen molar-refractivity contribution in [3.63, 3.8) is 0 Å². The number of halogens is 2. The molecule has 122 valence electrons. The molecule has 1 amide bonds. The van der Waals surface area contributed by atoms with Crippen molar-refractivity contribution in [2.75, 3.05) is 23.8 Å². The second kappa shape index (κ2) is 8.13. The summed E-state index contributed by atoms with van der Waals surface area (Å²) in [4.78, 5) is 22.8. The van der Waals surface area contributed by atoms with Gasteiger partial charge in [0.15, 0.2) is 0 Å². The van der Waals surface area contributed by atoms with Crippen molar-refractivity contribution in [1.29, 1.82) is 0 Å². The molecule has 1 heterocycles. The summed E-state index contributed by atoms with van der Waals surface area (Å²) in [7, 11) is 1.91. The van der Waals surface area contributed by atoms with Gasteiger partial charge in [0.2, 0.25) is 5.95 Å². The molecule has 0 radical (unpaired) electrons. The van der Waals surface area contributed by atoms with E-state index in [0.717, 1.165) is 19.4 Å². The molecule has 0 atom stereocenters. The largest absolute Gasteiger partial charge is 0.344 e. The second-order valence-electron chi connectivity index (χ2n) is 5.13. The number of nitrogens with zero attached hydrogens (tertiary/aromatic N) is 3. The molecule has 0 saturated carbocycles. The molecule has 7 heteroatoms. The maximum absolute atomic E-state index is 12.3. The van der Waals surface area contributed by atoms with Gasteiger partial charge < -0.3 is 10.2 Å². The van der Waals surface area contributed by atoms with E-state index in [-0.39, 0.29) is 11.6 Å². The summed E-state index contributed by atoms with van der Waals surface area (Å²) in [6.45, 7) is 2.96. The van der Waals surface area contributed by atoms with Crippen molar-refractivity contribution < 1.29 is 4.79 Å². The van der Waals surface area contributed by atoms with Gasteiger partial charge in [-0.3, -0.25) is 4.79 Å². The van der Waals surface area contributed by atoms with Crippen LogP contribution >= 0.6 is 23.2 Å². The Morgan fingerprint density at radius 2 is 1.96 bits per heavy atom. The number of amides is 1. The minimum absolute atomic E-state index is 0.287. The van der Waals surface area contributed by atoms with E-state index in [2.05, 4.69) is 22.2 Å². The summed E-state index contributed by atoms with van der Waals surface area (Å²) in [5, 5.41) is 3.64. The van der Waals surface area contributed by atoms with E-state index < -0.39 is 0 Å². The summed E-state index contributed by atoms with van der Waals surface area (Å²) in [5.41, 5.74) is 0.807. The molecule has 2 aromatic rings. The molecular weight excluding hydrogens is 335 g/mol. The monoisotopic (exact) mass is 352 g/mol. The molecule has 0 aliphatic rings. The van der Waals surface area contributed by atoms with Gasteiger partial charge in [0.25, 0.3) is 5.91 Å². The Morgan fingerprint density at radius 3 is 2.61 bits per heavy atom. The highest BCUT2D eigenvalue weighted by molar-refractivity contribution is 6.35. The minimum atomic E-state index is -0.337. The molecule has 5 nitrogen and oxygen atoms in total. The Labute approximate surface area is 145 Å². The highest BCUT2D eigenvalue weighted by atomic mass is 35.5. The van der Waals surface area contributed by atoms with Crippen molar-refractivity contribution >= 4 is 40.7 Å². The Morgan fingerprint density at radius 1 is 1.26 bits per heavy atom. The number of nitrogens with one attached hydrogen (secondary N) is 1. The maximum Gasteiger partial charge on any atom is 0.274 e. The molecule has 1 N–H and O–H groups in total. The lowest BCUT2D eigenvalue weighted by Crippen LogP contribution is -2.22. The van der Waals surface area contributed by atoms with Crippen LogP contribution in [0.25, 0.3) is 0 Å². The van der Waals surface area contributed by atoms with Gasteiger partial charge in [0.1, 0.15) is 5.69 Å². The lowest BCUT2D eigenvalue weighted by Gasteiger charge is -2.16. The fraction of sp³-hybridized carbons (Fsp3) is 0.312. The van der Waals surface area contributed by atoms with E-state index >= 15 is 0 Å². The molecule has 0 aliphatic heterocycles. The summed E-state index contributed by atoms with van der Waals surface area (Å²) >= 11 is 11.9. The van der Waals surface area contributed by atoms with E-state index in [9.17, 15) is 4.79 Å². The van der Waals surface area contributed by atoms with Gasteiger partial charge in [-0.05, 0) is 30.7 Å². The smallest absolute Gasteiger partial charge is 0.274 e. The Bertz CT molecular complexity index is 673. The number of rotatable bonds is 6. The standard InChI is InChI=1S/C16H18Cl2N4O/c1-3-4-7-22(2)16-19-6-5-14(21-16)15(23)20-13-9-11(17)8-12(18)10-13/h5-6,8-10H,3-4,7H2,1-2H3,(H,20,23). The van der Waals surface area contributed by atoms with Gasteiger partial charge in [0, 0.05) is 35.5 Å². The fourth-order valence-corrected chi connectivity index (χ4v) is 2.50. The van der Waals surface area contributed by atoms with Gasteiger partial charge in [-0.2, -0.15) is 0 Å². The number of carbonyl (C=O) groups is 1. The van der Waals surface area contributed by atoms with Crippen molar-refractivity contribution in [2.24, 2.45) is 0 Å². The zero-order chi connectivity index (χ0) is 16.8. The molecule has 23 heavy (non-hydrogen) atoms. The van der Waals surface area contributed by atoms with Crippen LogP contribution in [-0.4, -0.2) is 29.5 Å². The molecule has 1 aromatic carbocycles. The van der Waals surface area contributed by atoms with Crippen LogP contribution in [0.2, 0.25) is 10.0 Å². The van der Waals surface area contributed by atoms with Crippen molar-refractivity contribution in [2.45, 2.75) is 19.8 Å². The van der Waals surface area contributed by atoms with Gasteiger partial charge in [-0.1, -0.05) is 36.5 Å². The van der Waals surface area contributed by atoms with Gasteiger partial charge in [-0.25, -0.2) is 9.97 Å². The van der Waals surface area contributed by atoms with Crippen molar-refractivity contribution in [3.8, 4) is 0 Å². The first-order valence-corrected chi connectivity index (χ1v) is 8.07. The minimum Gasteiger partial charge on any atom is -0.344 e. The fourth-order valence-electron chi connectivity index (χ4n) is 1.98. The zero-order valence-corrected chi connectivity index (χ0v) is 14.5. The van der Waals surface area contributed by atoms with Crippen LogP contribution in [0.15, 0.2) is 30.5 Å². The Hall–Kier alpha value is -1.85. The molecule has 0 unspecified atom stereocenters. The Balaban J connectivity index is 2.13. The van der Waals surface area contributed by atoms with Crippen molar-refractivity contribution in [3.05, 3.63) is 46.2 Å². The van der Waals surface area contributed by atoms with E-state index in [4.69, 9.17) is 23.2 Å². The molecule has 0 fully saturated rings. The van der Waals surface area contributed by atoms with Gasteiger partial charge in [0.05, 0.1) is 0 Å². The molecule has 1 aromatic heterocycles. The van der Waals surface area contributed by atoms with E-state index in [0.29, 0.717) is 21.7 Å². The third kappa shape index (κ3) is 5.08. The van der Waals surface area contributed by atoms with Crippen LogP contribution in [0.5, 0.6) is 0 Å². The van der Waals surface area contributed by atoms with Crippen LogP contribution in [0.4, 0.5) is 11.6 Å². The number of carbonyl (C=O) groups excluding carboxylic acids is 1. The first kappa shape index (κ1) is 17.5. The molecule has 0 bridgehead atoms. The molecule has 0 saturated heterocycles. The van der Waals surface area contributed by atoms with Gasteiger partial charge >= 0.3 is 0 Å². The number of hydrogen-bond acceptors (Lipinski definition) is 4. The van der Waals surface area contributed by atoms with E-state index in [1.165, 1.54) is 0 Å². The third-order valence-corrected chi connectivity index (χ3v) is 3.62. The quantitative estimate of drug-likeness (QED) is 0.843. The lowest BCUT2D eigenvalue weighted by molar-refractivity contribution is 0.102. The number of hydrogen-bond donors (Lipinski definition) is 1. The first-order valence-electron chi connectivity index (χ1n) is 7.31. The average molecular weight is 353 g/mol. The second-order valence-corrected chi connectivity index (χ2v) is 6.00. The van der Waals surface area contributed by atoms with Crippen LogP contribution in [0.1, 0.15) is 30.3 Å². The highest BCUT2D eigenvalue weighted by Gasteiger charge is 2.12. The number of benzene rings is 1. The maximum atomic E-state index is 12.3. The van der Waals surface area contributed by atoms with Crippen molar-refractivity contribution in [1.82, 2.24) is 9.97 Å². The van der Waals surface area contributed by atoms with E-state index in [1.807, 2.05) is 11.9 Å². The average Bonchev–Trinajstić information content (AvgIpc) is 2.51. The summed E-state index contributed by atoms with van der Waals surface area (Å²) in [6, 6.07) is 6.42. The summed E-state index contributed by atoms with van der Waals surface area (Å²) < 4.78 is 0. The first-order chi connectivity index (χ1) is 11.0. The van der Waals surface area contributed by atoms with Crippen LogP contribution in [0, 0.1) is 0 Å². The van der Waals surface area contributed by atoms with E-state index in [1.54, 1.807) is 30.5 Å². The number of aromatic nitrogens is 2. The SMILES string of the molecule is CCCCN(C)c1nccc(C(=O)Nc2cc(Cl)cc(Cl)c2)n1. The number of anilines is 2.